The van der Waals surface area contributed by atoms with Crippen LogP contribution in [0.3, 0.4) is 0 Å². The van der Waals surface area contributed by atoms with Crippen molar-refractivity contribution in [2.24, 2.45) is 0 Å². The molecule has 2 atom stereocenters. The second-order valence-electron chi connectivity index (χ2n) is 3.89. The van der Waals surface area contributed by atoms with Gasteiger partial charge in [0.15, 0.2) is 0 Å². The van der Waals surface area contributed by atoms with Crippen LogP contribution in [0, 0.1) is 0 Å². The number of rotatable bonds is 3. The molecule has 1 heterocycles. The fourth-order valence-corrected chi connectivity index (χ4v) is 2.12. The number of aliphatic hydroxyl groups excluding tert-OH is 1. The highest BCUT2D eigenvalue weighted by molar-refractivity contribution is 5.73. The zero-order valence-corrected chi connectivity index (χ0v) is 8.99. The summed E-state index contributed by atoms with van der Waals surface area (Å²) in [5.41, 5.74) is 0. The van der Waals surface area contributed by atoms with Gasteiger partial charge in [0.2, 0.25) is 5.91 Å². The average molecular weight is 200 g/mol. The van der Waals surface area contributed by atoms with Crippen molar-refractivity contribution in [2.75, 3.05) is 19.7 Å². The molecule has 0 aromatic rings. The molecule has 1 rings (SSSR count). The van der Waals surface area contributed by atoms with E-state index < -0.39 is 0 Å². The number of hydrogen-bond donors (Lipinski definition) is 2. The fraction of sp³-hybridized carbons (Fsp3) is 0.900. The molecule has 2 unspecified atom stereocenters. The molecule has 0 aromatic carbocycles. The molecular weight excluding hydrogens is 180 g/mol. The molecule has 0 saturated carbocycles. The van der Waals surface area contributed by atoms with E-state index in [0.717, 1.165) is 25.9 Å². The van der Waals surface area contributed by atoms with Gasteiger partial charge in [-0.15, -0.1) is 0 Å². The number of nitrogens with zero attached hydrogens (tertiary/aromatic N) is 1. The van der Waals surface area contributed by atoms with Crippen LogP contribution >= 0.6 is 0 Å². The summed E-state index contributed by atoms with van der Waals surface area (Å²) in [6.07, 6.45) is 1.86. The smallest absolute Gasteiger partial charge is 0.217 e. The van der Waals surface area contributed by atoms with E-state index in [-0.39, 0.29) is 24.6 Å². The standard InChI is InChI=1S/C10H20N2O2/c1-3-12-5-4-9(11-8(2)14)6-10(12)7-13/h9-10,13H,3-7H2,1-2H3,(H,11,14). The minimum atomic E-state index is 0.0247. The molecule has 0 aliphatic carbocycles. The Bertz CT molecular complexity index is 197. The molecule has 82 valence electrons. The predicted octanol–water partition coefficient (Wildman–Crippen LogP) is -0.0323. The van der Waals surface area contributed by atoms with Crippen molar-refractivity contribution >= 4 is 5.91 Å². The number of amides is 1. The Morgan fingerprint density at radius 3 is 2.86 bits per heavy atom. The molecule has 1 saturated heterocycles. The summed E-state index contributed by atoms with van der Waals surface area (Å²) in [7, 11) is 0. The number of likely N-dealkylation sites (N-methyl/N-ethyl adjacent to an activating group) is 1. The van der Waals surface area contributed by atoms with Crippen LogP contribution < -0.4 is 5.32 Å². The first kappa shape index (κ1) is 11.5. The van der Waals surface area contributed by atoms with Crippen molar-refractivity contribution in [1.29, 1.82) is 0 Å². The van der Waals surface area contributed by atoms with Gasteiger partial charge in [-0.3, -0.25) is 9.69 Å². The lowest BCUT2D eigenvalue weighted by molar-refractivity contribution is -0.120. The quantitative estimate of drug-likeness (QED) is 0.672. The number of piperidine rings is 1. The third-order valence-electron chi connectivity index (χ3n) is 2.86. The molecule has 0 bridgehead atoms. The van der Waals surface area contributed by atoms with E-state index in [1.54, 1.807) is 6.92 Å². The van der Waals surface area contributed by atoms with Crippen molar-refractivity contribution in [3.63, 3.8) is 0 Å². The summed E-state index contributed by atoms with van der Waals surface area (Å²) in [6, 6.07) is 0.457. The van der Waals surface area contributed by atoms with Crippen LogP contribution in [0.15, 0.2) is 0 Å². The van der Waals surface area contributed by atoms with Gasteiger partial charge in [0.1, 0.15) is 0 Å². The fourth-order valence-electron chi connectivity index (χ4n) is 2.12. The molecule has 1 aliphatic rings. The van der Waals surface area contributed by atoms with Crippen molar-refractivity contribution in [2.45, 2.75) is 38.8 Å². The highest BCUT2D eigenvalue weighted by atomic mass is 16.3. The summed E-state index contributed by atoms with van der Waals surface area (Å²) < 4.78 is 0. The Kier molecular flexibility index (Phi) is 4.35. The number of carbonyl (C=O) groups is 1. The number of hydrogen-bond acceptors (Lipinski definition) is 3. The molecule has 0 radical (unpaired) electrons. The Balaban J connectivity index is 2.43. The number of nitrogens with one attached hydrogen (secondary N) is 1. The molecule has 4 nitrogen and oxygen atoms in total. The third-order valence-corrected chi connectivity index (χ3v) is 2.86. The van der Waals surface area contributed by atoms with Crippen LogP contribution in [0.1, 0.15) is 26.7 Å². The van der Waals surface area contributed by atoms with Crippen molar-refractivity contribution in [1.82, 2.24) is 10.2 Å². The molecule has 1 aliphatic heterocycles. The van der Waals surface area contributed by atoms with Crippen molar-refractivity contribution < 1.29 is 9.90 Å². The maximum absolute atomic E-state index is 10.9. The molecule has 14 heavy (non-hydrogen) atoms. The SMILES string of the molecule is CCN1CCC(NC(C)=O)CC1CO. The lowest BCUT2D eigenvalue weighted by Crippen LogP contribution is -2.50. The Morgan fingerprint density at radius 1 is 1.64 bits per heavy atom. The van der Waals surface area contributed by atoms with E-state index >= 15 is 0 Å². The van der Waals surface area contributed by atoms with Crippen LogP contribution in [-0.2, 0) is 4.79 Å². The van der Waals surface area contributed by atoms with Gasteiger partial charge in [-0.1, -0.05) is 6.92 Å². The van der Waals surface area contributed by atoms with E-state index in [2.05, 4.69) is 17.1 Å². The van der Waals surface area contributed by atoms with Crippen LogP contribution in [0.4, 0.5) is 0 Å². The van der Waals surface area contributed by atoms with Crippen LogP contribution in [-0.4, -0.2) is 47.7 Å². The Labute approximate surface area is 85.3 Å². The van der Waals surface area contributed by atoms with Gasteiger partial charge in [0, 0.05) is 25.6 Å². The second-order valence-corrected chi connectivity index (χ2v) is 3.89. The first-order chi connectivity index (χ1) is 6.67. The van der Waals surface area contributed by atoms with E-state index in [1.807, 2.05) is 0 Å². The molecule has 0 aromatic heterocycles. The van der Waals surface area contributed by atoms with E-state index in [9.17, 15) is 9.90 Å². The minimum Gasteiger partial charge on any atom is -0.395 e. The lowest BCUT2D eigenvalue weighted by Gasteiger charge is -2.38. The average Bonchev–Trinajstić information content (AvgIpc) is 2.16. The zero-order chi connectivity index (χ0) is 10.6. The van der Waals surface area contributed by atoms with Crippen LogP contribution in [0.2, 0.25) is 0 Å². The summed E-state index contributed by atoms with van der Waals surface area (Å²) in [5, 5.41) is 12.1. The Hall–Kier alpha value is -0.610. The first-order valence-corrected chi connectivity index (χ1v) is 5.29. The van der Waals surface area contributed by atoms with Gasteiger partial charge >= 0.3 is 0 Å². The van der Waals surface area contributed by atoms with Crippen LogP contribution in [0.5, 0.6) is 0 Å². The van der Waals surface area contributed by atoms with Gasteiger partial charge in [-0.05, 0) is 19.4 Å². The molecule has 0 spiro atoms. The summed E-state index contributed by atoms with van der Waals surface area (Å²) in [6.45, 7) is 5.76. The Morgan fingerprint density at radius 2 is 2.36 bits per heavy atom. The minimum absolute atomic E-state index is 0.0247. The van der Waals surface area contributed by atoms with Gasteiger partial charge < -0.3 is 10.4 Å². The lowest BCUT2D eigenvalue weighted by atomic mass is 9.97. The number of carbonyl (C=O) groups excluding carboxylic acids is 1. The van der Waals surface area contributed by atoms with Gasteiger partial charge in [0.25, 0.3) is 0 Å². The molecular formula is C10H20N2O2. The van der Waals surface area contributed by atoms with E-state index in [1.165, 1.54) is 0 Å². The molecule has 1 amide bonds. The highest BCUT2D eigenvalue weighted by Gasteiger charge is 2.26. The third kappa shape index (κ3) is 2.96. The largest absolute Gasteiger partial charge is 0.395 e. The topological polar surface area (TPSA) is 52.6 Å². The second kappa shape index (κ2) is 5.32. The van der Waals surface area contributed by atoms with Crippen molar-refractivity contribution in [3.05, 3.63) is 0 Å². The first-order valence-electron chi connectivity index (χ1n) is 5.29. The van der Waals surface area contributed by atoms with Crippen LogP contribution in [0.25, 0.3) is 0 Å². The molecule has 2 N–H and O–H groups in total. The van der Waals surface area contributed by atoms with Gasteiger partial charge in [-0.2, -0.15) is 0 Å². The molecule has 1 fully saturated rings. The maximum atomic E-state index is 10.9. The summed E-state index contributed by atoms with van der Waals surface area (Å²) in [5.74, 6) is 0.0247. The van der Waals surface area contributed by atoms with Gasteiger partial charge in [-0.25, -0.2) is 0 Å². The van der Waals surface area contributed by atoms with Gasteiger partial charge in [0.05, 0.1) is 6.61 Å². The summed E-state index contributed by atoms with van der Waals surface area (Å²) in [4.78, 5) is 13.1. The van der Waals surface area contributed by atoms with Crippen molar-refractivity contribution in [3.8, 4) is 0 Å². The maximum Gasteiger partial charge on any atom is 0.217 e. The predicted molar refractivity (Wildman–Crippen MR) is 55.0 cm³/mol. The number of aliphatic hydroxyl groups is 1. The molecule has 4 heteroatoms. The zero-order valence-electron chi connectivity index (χ0n) is 8.99. The summed E-state index contributed by atoms with van der Waals surface area (Å²) >= 11 is 0. The normalized spacial score (nSPS) is 28.8. The number of likely N-dealkylation sites (tertiary alicyclic amines) is 1. The van der Waals surface area contributed by atoms with E-state index in [4.69, 9.17) is 0 Å². The highest BCUT2D eigenvalue weighted by Crippen LogP contribution is 2.16. The van der Waals surface area contributed by atoms with E-state index in [0.29, 0.717) is 0 Å². The monoisotopic (exact) mass is 200 g/mol.